The molecular weight excluding hydrogens is 348 g/mol. The molecule has 1 aliphatic heterocycles. The molecule has 0 unspecified atom stereocenters. The average Bonchev–Trinajstić information content (AvgIpc) is 3.24. The van der Waals surface area contributed by atoms with Gasteiger partial charge in [-0.3, -0.25) is 14.6 Å². The fourth-order valence-electron chi connectivity index (χ4n) is 3.62. The molecule has 0 bridgehead atoms. The van der Waals surface area contributed by atoms with E-state index in [0.29, 0.717) is 0 Å². The van der Waals surface area contributed by atoms with Gasteiger partial charge >= 0.3 is 5.97 Å². The standard InChI is InChI=1S/C19H22N4O2S/c1-21-7-6-20-17(21)12-22-8-10-23(11-9-22)18(19(24)25)15-13-26-16-5-3-2-4-14(15)16/h2-7,13,18H,8-12H2,1H3,(H,24,25)/t18-/m0/s1. The van der Waals surface area contributed by atoms with Gasteiger partial charge in [-0.15, -0.1) is 11.3 Å². The number of carboxylic acids is 1. The van der Waals surface area contributed by atoms with Gasteiger partial charge in [-0.2, -0.15) is 0 Å². The molecule has 1 aliphatic rings. The SMILES string of the molecule is Cn1ccnc1CN1CCN([C@H](C(=O)O)c2csc3ccccc23)CC1. The zero-order valence-corrected chi connectivity index (χ0v) is 15.5. The predicted molar refractivity (Wildman–Crippen MR) is 102 cm³/mol. The van der Waals surface area contributed by atoms with Gasteiger partial charge in [0.25, 0.3) is 0 Å². The summed E-state index contributed by atoms with van der Waals surface area (Å²) in [5.41, 5.74) is 0.913. The Morgan fingerprint density at radius 1 is 1.27 bits per heavy atom. The molecule has 136 valence electrons. The van der Waals surface area contributed by atoms with Crippen molar-refractivity contribution in [3.63, 3.8) is 0 Å². The quantitative estimate of drug-likeness (QED) is 0.748. The highest BCUT2D eigenvalue weighted by atomic mass is 32.1. The summed E-state index contributed by atoms with van der Waals surface area (Å²) in [6.07, 6.45) is 3.77. The van der Waals surface area contributed by atoms with Crippen LogP contribution in [0, 0.1) is 0 Å². The Morgan fingerprint density at radius 2 is 2.04 bits per heavy atom. The molecule has 1 atom stereocenters. The molecule has 6 nitrogen and oxygen atoms in total. The Morgan fingerprint density at radius 3 is 2.73 bits per heavy atom. The van der Waals surface area contributed by atoms with Crippen LogP contribution >= 0.6 is 11.3 Å². The van der Waals surface area contributed by atoms with Crippen LogP contribution in [0.3, 0.4) is 0 Å². The van der Waals surface area contributed by atoms with E-state index in [2.05, 4.69) is 14.8 Å². The summed E-state index contributed by atoms with van der Waals surface area (Å²) in [6, 6.07) is 7.46. The van der Waals surface area contributed by atoms with Crippen LogP contribution in [-0.4, -0.2) is 56.6 Å². The third-order valence-electron chi connectivity index (χ3n) is 5.10. The number of hydrogen-bond donors (Lipinski definition) is 1. The molecule has 1 saturated heterocycles. The van der Waals surface area contributed by atoms with Crippen LogP contribution in [-0.2, 0) is 18.4 Å². The highest BCUT2D eigenvalue weighted by Gasteiger charge is 2.32. The van der Waals surface area contributed by atoms with Crippen molar-refractivity contribution < 1.29 is 9.90 Å². The number of benzene rings is 1. The van der Waals surface area contributed by atoms with Crippen LogP contribution in [0.2, 0.25) is 0 Å². The maximum absolute atomic E-state index is 12.1. The van der Waals surface area contributed by atoms with Crippen LogP contribution in [0.4, 0.5) is 0 Å². The van der Waals surface area contributed by atoms with E-state index in [0.717, 1.165) is 54.2 Å². The molecule has 7 heteroatoms. The molecule has 3 aromatic rings. The lowest BCUT2D eigenvalue weighted by Crippen LogP contribution is -2.49. The number of nitrogens with zero attached hydrogens (tertiary/aromatic N) is 4. The first-order chi connectivity index (χ1) is 12.6. The van der Waals surface area contributed by atoms with Gasteiger partial charge in [0.15, 0.2) is 0 Å². The summed E-state index contributed by atoms with van der Waals surface area (Å²) in [4.78, 5) is 20.9. The topological polar surface area (TPSA) is 61.6 Å². The minimum absolute atomic E-state index is 0.582. The molecule has 3 heterocycles. The van der Waals surface area contributed by atoms with E-state index in [1.54, 1.807) is 11.3 Å². The summed E-state index contributed by atoms with van der Waals surface area (Å²) in [5, 5.41) is 13.0. The van der Waals surface area contributed by atoms with Crippen molar-refractivity contribution in [2.45, 2.75) is 12.6 Å². The fraction of sp³-hybridized carbons (Fsp3) is 0.368. The third-order valence-corrected chi connectivity index (χ3v) is 6.08. The second-order valence-corrected chi connectivity index (χ2v) is 7.61. The van der Waals surface area contributed by atoms with Gasteiger partial charge in [-0.05, 0) is 22.4 Å². The molecule has 1 N–H and O–H groups in total. The van der Waals surface area contributed by atoms with Crippen LogP contribution in [0.25, 0.3) is 10.1 Å². The molecule has 0 radical (unpaired) electrons. The molecule has 1 aromatic carbocycles. The maximum Gasteiger partial charge on any atom is 0.325 e. The van der Waals surface area contributed by atoms with Gasteiger partial charge in [0.05, 0.1) is 6.54 Å². The van der Waals surface area contributed by atoms with Crippen LogP contribution in [0.15, 0.2) is 42.0 Å². The van der Waals surface area contributed by atoms with Crippen molar-refractivity contribution in [1.82, 2.24) is 19.4 Å². The molecule has 2 aromatic heterocycles. The smallest absolute Gasteiger partial charge is 0.325 e. The summed E-state index contributed by atoms with van der Waals surface area (Å²) >= 11 is 1.62. The number of carbonyl (C=O) groups is 1. The van der Waals surface area contributed by atoms with Gasteiger partial charge in [0.1, 0.15) is 11.9 Å². The Balaban J connectivity index is 1.49. The van der Waals surface area contributed by atoms with Crippen molar-refractivity contribution in [3.05, 3.63) is 53.4 Å². The van der Waals surface area contributed by atoms with Crippen molar-refractivity contribution in [3.8, 4) is 0 Å². The number of carboxylic acid groups (broad SMARTS) is 1. The molecule has 0 aliphatic carbocycles. The Labute approximate surface area is 156 Å². The number of aromatic nitrogens is 2. The third kappa shape index (κ3) is 3.25. The number of thiophene rings is 1. The van der Waals surface area contributed by atoms with Gasteiger partial charge in [-0.25, -0.2) is 4.98 Å². The maximum atomic E-state index is 12.1. The second-order valence-electron chi connectivity index (χ2n) is 6.69. The minimum atomic E-state index is -0.772. The van der Waals surface area contributed by atoms with E-state index in [-0.39, 0.29) is 0 Å². The van der Waals surface area contributed by atoms with E-state index in [9.17, 15) is 9.90 Å². The molecule has 1 fully saturated rings. The summed E-state index contributed by atoms with van der Waals surface area (Å²) in [5.74, 6) is 0.267. The van der Waals surface area contributed by atoms with Crippen molar-refractivity contribution >= 4 is 27.4 Å². The lowest BCUT2D eigenvalue weighted by atomic mass is 10.0. The first kappa shape index (κ1) is 17.2. The van der Waals surface area contributed by atoms with Crippen LogP contribution in [0.5, 0.6) is 0 Å². The van der Waals surface area contributed by atoms with Gasteiger partial charge in [0.2, 0.25) is 0 Å². The highest BCUT2D eigenvalue weighted by Crippen LogP contribution is 2.33. The number of rotatable bonds is 5. The molecule has 0 saturated carbocycles. The van der Waals surface area contributed by atoms with Crippen molar-refractivity contribution in [1.29, 1.82) is 0 Å². The zero-order valence-electron chi connectivity index (χ0n) is 14.7. The highest BCUT2D eigenvalue weighted by molar-refractivity contribution is 7.17. The van der Waals surface area contributed by atoms with E-state index < -0.39 is 12.0 Å². The lowest BCUT2D eigenvalue weighted by Gasteiger charge is -2.37. The Hall–Kier alpha value is -2.22. The predicted octanol–water partition coefficient (Wildman–Crippen LogP) is 2.58. The van der Waals surface area contributed by atoms with Gasteiger partial charge < -0.3 is 9.67 Å². The first-order valence-corrected chi connectivity index (χ1v) is 9.63. The fourth-order valence-corrected chi connectivity index (χ4v) is 4.60. The largest absolute Gasteiger partial charge is 0.480 e. The summed E-state index contributed by atoms with van der Waals surface area (Å²) < 4.78 is 3.17. The van der Waals surface area contributed by atoms with E-state index in [4.69, 9.17) is 0 Å². The monoisotopic (exact) mass is 370 g/mol. The van der Waals surface area contributed by atoms with E-state index in [1.807, 2.05) is 53.7 Å². The summed E-state index contributed by atoms with van der Waals surface area (Å²) in [7, 11) is 2.00. The Kier molecular flexibility index (Phi) is 4.76. The number of piperazine rings is 1. The molecule has 26 heavy (non-hydrogen) atoms. The van der Waals surface area contributed by atoms with Crippen LogP contribution in [0.1, 0.15) is 17.4 Å². The first-order valence-electron chi connectivity index (χ1n) is 8.75. The number of aliphatic carboxylic acids is 1. The van der Waals surface area contributed by atoms with E-state index in [1.165, 1.54) is 0 Å². The zero-order chi connectivity index (χ0) is 18.1. The lowest BCUT2D eigenvalue weighted by molar-refractivity contribution is -0.144. The molecule has 0 spiro atoms. The Bertz CT molecular complexity index is 911. The second kappa shape index (κ2) is 7.19. The average molecular weight is 370 g/mol. The minimum Gasteiger partial charge on any atom is -0.480 e. The van der Waals surface area contributed by atoms with Gasteiger partial charge in [-0.1, -0.05) is 18.2 Å². The molecule has 4 rings (SSSR count). The van der Waals surface area contributed by atoms with Crippen molar-refractivity contribution in [2.75, 3.05) is 26.2 Å². The van der Waals surface area contributed by atoms with Crippen LogP contribution < -0.4 is 0 Å². The molecular formula is C19H22N4O2S. The number of aryl methyl sites for hydroxylation is 1. The normalized spacial score (nSPS) is 17.6. The number of hydrogen-bond acceptors (Lipinski definition) is 5. The molecule has 0 amide bonds. The van der Waals surface area contributed by atoms with E-state index >= 15 is 0 Å². The summed E-state index contributed by atoms with van der Waals surface area (Å²) in [6.45, 7) is 3.98. The number of fused-ring (bicyclic) bond motifs is 1. The van der Waals surface area contributed by atoms with Gasteiger partial charge in [0, 0.05) is 50.3 Å². The number of imidazole rings is 1. The van der Waals surface area contributed by atoms with Crippen molar-refractivity contribution in [2.24, 2.45) is 7.05 Å².